The average Bonchev–Trinajstić information content (AvgIpc) is 3.45. The highest BCUT2D eigenvalue weighted by molar-refractivity contribution is 7.99. The monoisotopic (exact) mass is 490 g/mol. The van der Waals surface area contributed by atoms with Gasteiger partial charge in [0.15, 0.2) is 16.1 Å². The molecule has 0 atom stereocenters. The molecule has 3 heterocycles. The first-order chi connectivity index (χ1) is 15.2. The topological polar surface area (TPSA) is 93.0 Å². The zero-order valence-electron chi connectivity index (χ0n) is 18.7. The Morgan fingerprint density at radius 2 is 2.09 bits per heavy atom. The van der Waals surface area contributed by atoms with Gasteiger partial charge in [0.05, 0.1) is 11.4 Å². The van der Waals surface area contributed by atoms with Crippen LogP contribution in [0.5, 0.6) is 0 Å². The SMILES string of the molecule is C=CCn1c(SCC(=O)Nc2nc(C)c(C(=O)N(C)C)s2)nnc1-c1csc(C(C)C)c1. The molecule has 2 amide bonds. The van der Waals surface area contributed by atoms with Crippen LogP contribution in [0.4, 0.5) is 5.13 Å². The van der Waals surface area contributed by atoms with Crippen LogP contribution in [0.15, 0.2) is 29.3 Å². The Morgan fingerprint density at radius 1 is 1.34 bits per heavy atom. The molecule has 11 heteroatoms. The van der Waals surface area contributed by atoms with Gasteiger partial charge in [-0.1, -0.05) is 43.0 Å². The second kappa shape index (κ2) is 10.4. The highest BCUT2D eigenvalue weighted by Crippen LogP contribution is 2.31. The fourth-order valence-electron chi connectivity index (χ4n) is 2.81. The van der Waals surface area contributed by atoms with Crippen molar-refractivity contribution in [1.82, 2.24) is 24.6 Å². The second-order valence-corrected chi connectivity index (χ2v) is 10.5. The molecule has 8 nitrogen and oxygen atoms in total. The van der Waals surface area contributed by atoms with Gasteiger partial charge in [-0.3, -0.25) is 14.2 Å². The molecule has 0 unspecified atom stereocenters. The van der Waals surface area contributed by atoms with Gasteiger partial charge in [0.25, 0.3) is 5.91 Å². The number of nitrogens with one attached hydrogen (secondary N) is 1. The molecular weight excluding hydrogens is 464 g/mol. The largest absolute Gasteiger partial charge is 0.344 e. The maximum Gasteiger partial charge on any atom is 0.265 e. The number of carbonyl (C=O) groups excluding carboxylic acids is 2. The van der Waals surface area contributed by atoms with Crippen LogP contribution in [0.25, 0.3) is 11.4 Å². The van der Waals surface area contributed by atoms with Crippen LogP contribution in [-0.2, 0) is 11.3 Å². The third-order valence-electron chi connectivity index (χ3n) is 4.45. The summed E-state index contributed by atoms with van der Waals surface area (Å²) in [5, 5.41) is 14.6. The highest BCUT2D eigenvalue weighted by atomic mass is 32.2. The van der Waals surface area contributed by atoms with E-state index in [4.69, 9.17) is 0 Å². The molecule has 0 aromatic carbocycles. The van der Waals surface area contributed by atoms with E-state index < -0.39 is 0 Å². The number of nitrogens with zero attached hydrogens (tertiary/aromatic N) is 5. The smallest absolute Gasteiger partial charge is 0.265 e. The maximum absolute atomic E-state index is 12.5. The number of anilines is 1. The van der Waals surface area contributed by atoms with Crippen LogP contribution in [0.1, 0.15) is 40.0 Å². The zero-order chi connectivity index (χ0) is 23.4. The number of aromatic nitrogens is 4. The fraction of sp³-hybridized carbons (Fsp3) is 0.381. The van der Waals surface area contributed by atoms with Gasteiger partial charge < -0.3 is 10.2 Å². The van der Waals surface area contributed by atoms with Gasteiger partial charge in [-0.05, 0) is 18.9 Å². The lowest BCUT2D eigenvalue weighted by molar-refractivity contribution is -0.113. The van der Waals surface area contributed by atoms with E-state index in [1.54, 1.807) is 38.4 Å². The number of thiazole rings is 1. The fourth-order valence-corrected chi connectivity index (χ4v) is 5.47. The number of aryl methyl sites for hydroxylation is 1. The lowest BCUT2D eigenvalue weighted by Crippen LogP contribution is -2.21. The Bertz CT molecular complexity index is 1130. The third-order valence-corrected chi connectivity index (χ3v) is 7.71. The number of thioether (sulfide) groups is 1. The minimum Gasteiger partial charge on any atom is -0.344 e. The van der Waals surface area contributed by atoms with Crippen LogP contribution in [0, 0.1) is 6.92 Å². The molecule has 1 N–H and O–H groups in total. The molecule has 32 heavy (non-hydrogen) atoms. The summed E-state index contributed by atoms with van der Waals surface area (Å²) in [7, 11) is 3.37. The van der Waals surface area contributed by atoms with Crippen molar-refractivity contribution in [2.45, 2.75) is 38.4 Å². The number of hydrogen-bond acceptors (Lipinski definition) is 8. The first kappa shape index (κ1) is 24.1. The lowest BCUT2D eigenvalue weighted by Gasteiger charge is -2.07. The standard InChI is InChI=1S/C21H26N6O2S3/c1-7-8-27-18(14-9-15(12(2)3)30-10-14)24-25-21(27)31-11-16(28)23-20-22-13(4)17(32-20)19(29)26(5)6/h7,9-10,12H,1,8,11H2,2-6H3,(H,22,23,28). The zero-order valence-corrected chi connectivity index (χ0v) is 21.2. The van der Waals surface area contributed by atoms with Gasteiger partial charge in [-0.25, -0.2) is 4.98 Å². The number of thiophene rings is 1. The van der Waals surface area contributed by atoms with Crippen molar-refractivity contribution >= 4 is 51.4 Å². The summed E-state index contributed by atoms with van der Waals surface area (Å²) in [6, 6.07) is 2.14. The lowest BCUT2D eigenvalue weighted by atomic mass is 10.1. The van der Waals surface area contributed by atoms with E-state index in [-0.39, 0.29) is 17.6 Å². The van der Waals surface area contributed by atoms with E-state index in [1.807, 2.05) is 4.57 Å². The summed E-state index contributed by atoms with van der Waals surface area (Å²) in [6.45, 7) is 10.5. The van der Waals surface area contributed by atoms with Crippen LogP contribution in [-0.4, -0.2) is 56.3 Å². The van der Waals surface area contributed by atoms with E-state index >= 15 is 0 Å². The van der Waals surface area contributed by atoms with Crippen LogP contribution in [0.3, 0.4) is 0 Å². The van der Waals surface area contributed by atoms with Crippen molar-refractivity contribution in [3.05, 3.63) is 39.5 Å². The molecule has 0 saturated carbocycles. The van der Waals surface area contributed by atoms with Crippen LogP contribution in [0.2, 0.25) is 0 Å². The van der Waals surface area contributed by atoms with Gasteiger partial charge in [-0.15, -0.1) is 28.1 Å². The van der Waals surface area contributed by atoms with Gasteiger partial charge in [0.1, 0.15) is 4.88 Å². The van der Waals surface area contributed by atoms with E-state index in [9.17, 15) is 9.59 Å². The van der Waals surface area contributed by atoms with Gasteiger partial charge in [0.2, 0.25) is 5.91 Å². The van der Waals surface area contributed by atoms with Crippen molar-refractivity contribution in [2.75, 3.05) is 25.2 Å². The van der Waals surface area contributed by atoms with E-state index in [2.05, 4.69) is 52.4 Å². The molecule has 0 bridgehead atoms. The molecule has 0 fully saturated rings. The Labute approximate surface area is 199 Å². The average molecular weight is 491 g/mol. The first-order valence-electron chi connectivity index (χ1n) is 9.95. The molecule has 170 valence electrons. The number of carbonyl (C=O) groups is 2. The van der Waals surface area contributed by atoms with Crippen molar-refractivity contribution in [3.8, 4) is 11.4 Å². The highest BCUT2D eigenvalue weighted by Gasteiger charge is 2.20. The Hall–Kier alpha value is -2.50. The maximum atomic E-state index is 12.5. The predicted octanol–water partition coefficient (Wildman–Crippen LogP) is 4.51. The molecule has 3 rings (SSSR count). The second-order valence-electron chi connectivity index (χ2n) is 7.57. The molecule has 3 aromatic heterocycles. The first-order valence-corrected chi connectivity index (χ1v) is 12.6. The predicted molar refractivity (Wildman–Crippen MR) is 132 cm³/mol. The number of rotatable bonds is 9. The summed E-state index contributed by atoms with van der Waals surface area (Å²) in [5.74, 6) is 1.00. The number of hydrogen-bond donors (Lipinski definition) is 1. The van der Waals surface area contributed by atoms with E-state index in [1.165, 1.54) is 32.9 Å². The molecule has 3 aromatic rings. The minimum absolute atomic E-state index is 0.131. The minimum atomic E-state index is -0.222. The van der Waals surface area contributed by atoms with E-state index in [0.717, 1.165) is 11.4 Å². The summed E-state index contributed by atoms with van der Waals surface area (Å²) in [4.78, 5) is 32.3. The summed E-state index contributed by atoms with van der Waals surface area (Å²) >= 11 is 4.18. The van der Waals surface area contributed by atoms with Crippen LogP contribution >= 0.6 is 34.4 Å². The van der Waals surface area contributed by atoms with Crippen molar-refractivity contribution in [2.24, 2.45) is 0 Å². The number of allylic oxidation sites excluding steroid dienone is 1. The van der Waals surface area contributed by atoms with Crippen molar-refractivity contribution in [1.29, 1.82) is 0 Å². The Morgan fingerprint density at radius 3 is 2.72 bits per heavy atom. The Balaban J connectivity index is 1.69. The normalized spacial score (nSPS) is 11.1. The summed E-state index contributed by atoms with van der Waals surface area (Å²) < 4.78 is 1.96. The Kier molecular flexibility index (Phi) is 7.86. The van der Waals surface area contributed by atoms with E-state index in [0.29, 0.717) is 33.3 Å². The quantitative estimate of drug-likeness (QED) is 0.350. The van der Waals surface area contributed by atoms with Gasteiger partial charge >= 0.3 is 0 Å². The van der Waals surface area contributed by atoms with Gasteiger partial charge in [0, 0.05) is 36.5 Å². The molecule has 0 radical (unpaired) electrons. The van der Waals surface area contributed by atoms with Crippen LogP contribution < -0.4 is 5.32 Å². The molecule has 0 aliphatic carbocycles. The molecule has 0 aliphatic heterocycles. The third kappa shape index (κ3) is 5.45. The van der Waals surface area contributed by atoms with Crippen molar-refractivity contribution < 1.29 is 9.59 Å². The molecule has 0 saturated heterocycles. The molecular formula is C21H26N6O2S3. The van der Waals surface area contributed by atoms with Gasteiger partial charge in [-0.2, -0.15) is 0 Å². The van der Waals surface area contributed by atoms with Crippen molar-refractivity contribution in [3.63, 3.8) is 0 Å². The summed E-state index contributed by atoms with van der Waals surface area (Å²) in [5.41, 5.74) is 1.62. The molecule has 0 aliphatic rings. The summed E-state index contributed by atoms with van der Waals surface area (Å²) in [6.07, 6.45) is 1.79. The molecule has 0 spiro atoms. The number of amides is 2.